The van der Waals surface area contributed by atoms with Gasteiger partial charge in [-0.3, -0.25) is 0 Å². The molecule has 2 aliphatic heterocycles. The van der Waals surface area contributed by atoms with Crippen LogP contribution in [0.15, 0.2) is 34.1 Å². The molecule has 7 nitrogen and oxygen atoms in total. The third kappa shape index (κ3) is 3.54. The van der Waals surface area contributed by atoms with Gasteiger partial charge in [-0.25, -0.2) is 22.0 Å². The van der Waals surface area contributed by atoms with E-state index in [1.807, 2.05) is 0 Å². The quantitative estimate of drug-likeness (QED) is 0.773. The first-order chi connectivity index (χ1) is 10.2. The van der Waals surface area contributed by atoms with E-state index in [1.54, 1.807) is 0 Å². The van der Waals surface area contributed by atoms with E-state index in [0.717, 1.165) is 32.0 Å². The summed E-state index contributed by atoms with van der Waals surface area (Å²) < 4.78 is 49.7. The number of sulfonamides is 2. The van der Waals surface area contributed by atoms with Gasteiger partial charge in [-0.1, -0.05) is 6.07 Å². The average molecular weight is 382 g/mol. The molecule has 0 saturated carbocycles. The molecule has 1 spiro atoms. The summed E-state index contributed by atoms with van der Waals surface area (Å²) >= 11 is 0. The fourth-order valence-electron chi connectivity index (χ4n) is 3.20. The number of benzene rings is 1. The van der Waals surface area contributed by atoms with Gasteiger partial charge < -0.3 is 5.32 Å². The summed E-state index contributed by atoms with van der Waals surface area (Å²) in [6.45, 7) is 2.68. The minimum absolute atomic E-state index is 0. The van der Waals surface area contributed by atoms with Gasteiger partial charge in [-0.15, -0.1) is 12.4 Å². The van der Waals surface area contributed by atoms with Crippen molar-refractivity contribution in [1.82, 2.24) is 9.62 Å². The molecule has 0 radical (unpaired) electrons. The Morgan fingerprint density at radius 3 is 2.43 bits per heavy atom. The zero-order valence-corrected chi connectivity index (χ0v) is 14.9. The second-order valence-corrected chi connectivity index (χ2v) is 9.53. The van der Waals surface area contributed by atoms with Gasteiger partial charge in [0.25, 0.3) is 0 Å². The first-order valence-corrected chi connectivity index (χ1v) is 10.1. The van der Waals surface area contributed by atoms with Gasteiger partial charge in [0, 0.05) is 19.6 Å². The predicted octanol–water partition coefficient (Wildman–Crippen LogP) is 0.130. The topological polar surface area (TPSA) is 110 Å². The molecule has 0 bridgehead atoms. The molecule has 2 aliphatic rings. The Labute approximate surface area is 142 Å². The molecule has 1 atom stereocenters. The van der Waals surface area contributed by atoms with Gasteiger partial charge in [-0.2, -0.15) is 4.31 Å². The van der Waals surface area contributed by atoms with Crippen molar-refractivity contribution in [2.24, 2.45) is 10.6 Å². The van der Waals surface area contributed by atoms with Crippen LogP contribution in [0.3, 0.4) is 0 Å². The molecule has 2 heterocycles. The standard InChI is InChI=1S/C13H19N3O4S2.ClH/c14-21(17,18)11-2-1-3-12(8-11)22(19,20)16-7-5-13(10-16)4-6-15-9-13;/h1-3,8,15H,4-7,9-10H2,(H2,14,17,18);1H. The summed E-state index contributed by atoms with van der Waals surface area (Å²) in [4.78, 5) is -0.216. The second-order valence-electron chi connectivity index (χ2n) is 6.04. The van der Waals surface area contributed by atoms with E-state index in [-0.39, 0.29) is 27.6 Å². The Kier molecular flexibility index (Phi) is 5.10. The van der Waals surface area contributed by atoms with E-state index in [4.69, 9.17) is 5.14 Å². The van der Waals surface area contributed by atoms with Gasteiger partial charge in [0.05, 0.1) is 9.79 Å². The molecule has 3 N–H and O–H groups in total. The van der Waals surface area contributed by atoms with E-state index in [2.05, 4.69) is 5.32 Å². The van der Waals surface area contributed by atoms with E-state index < -0.39 is 20.0 Å². The van der Waals surface area contributed by atoms with Crippen LogP contribution >= 0.6 is 12.4 Å². The van der Waals surface area contributed by atoms with Gasteiger partial charge in [0.2, 0.25) is 20.0 Å². The monoisotopic (exact) mass is 381 g/mol. The minimum Gasteiger partial charge on any atom is -0.316 e. The van der Waals surface area contributed by atoms with Crippen molar-refractivity contribution < 1.29 is 16.8 Å². The Hall–Kier alpha value is -0.710. The molecule has 0 amide bonds. The Morgan fingerprint density at radius 2 is 1.83 bits per heavy atom. The molecule has 10 heteroatoms. The summed E-state index contributed by atoms with van der Waals surface area (Å²) in [6, 6.07) is 5.22. The summed E-state index contributed by atoms with van der Waals surface area (Å²) in [5.41, 5.74) is 0.0185. The molecule has 2 saturated heterocycles. The van der Waals surface area contributed by atoms with Crippen molar-refractivity contribution in [3.8, 4) is 0 Å². The molecular weight excluding hydrogens is 362 g/mol. The lowest BCUT2D eigenvalue weighted by atomic mass is 9.87. The molecule has 0 aliphatic carbocycles. The lowest BCUT2D eigenvalue weighted by Crippen LogP contribution is -2.33. The summed E-state index contributed by atoms with van der Waals surface area (Å²) in [7, 11) is -7.62. The molecule has 2 fully saturated rings. The highest BCUT2D eigenvalue weighted by Gasteiger charge is 2.44. The van der Waals surface area contributed by atoms with Crippen molar-refractivity contribution in [1.29, 1.82) is 0 Å². The highest BCUT2D eigenvalue weighted by atomic mass is 35.5. The lowest BCUT2D eigenvalue weighted by molar-refractivity contribution is 0.338. The number of nitrogens with zero attached hydrogens (tertiary/aromatic N) is 1. The smallest absolute Gasteiger partial charge is 0.243 e. The third-order valence-electron chi connectivity index (χ3n) is 4.51. The Morgan fingerprint density at radius 1 is 1.13 bits per heavy atom. The molecule has 3 rings (SSSR count). The molecule has 0 aromatic heterocycles. The van der Waals surface area contributed by atoms with Crippen molar-refractivity contribution in [2.75, 3.05) is 26.2 Å². The van der Waals surface area contributed by atoms with Gasteiger partial charge >= 0.3 is 0 Å². The van der Waals surface area contributed by atoms with Gasteiger partial charge in [0.1, 0.15) is 0 Å². The van der Waals surface area contributed by atoms with Crippen LogP contribution in [0.1, 0.15) is 12.8 Å². The van der Waals surface area contributed by atoms with Crippen LogP contribution in [0.4, 0.5) is 0 Å². The maximum absolute atomic E-state index is 12.7. The van der Waals surface area contributed by atoms with Crippen LogP contribution in [0.25, 0.3) is 0 Å². The molecule has 23 heavy (non-hydrogen) atoms. The van der Waals surface area contributed by atoms with Crippen molar-refractivity contribution in [3.63, 3.8) is 0 Å². The molecule has 1 aromatic carbocycles. The van der Waals surface area contributed by atoms with E-state index in [1.165, 1.54) is 22.5 Å². The Bertz CT molecular complexity index is 789. The fraction of sp³-hybridized carbons (Fsp3) is 0.538. The number of nitrogens with two attached hydrogens (primary N) is 1. The largest absolute Gasteiger partial charge is 0.316 e. The van der Waals surface area contributed by atoms with E-state index in [9.17, 15) is 16.8 Å². The number of hydrogen-bond donors (Lipinski definition) is 2. The predicted molar refractivity (Wildman–Crippen MR) is 88.4 cm³/mol. The van der Waals surface area contributed by atoms with Crippen LogP contribution in [0.5, 0.6) is 0 Å². The van der Waals surface area contributed by atoms with Crippen LogP contribution in [-0.2, 0) is 20.0 Å². The summed E-state index contributed by atoms with van der Waals surface area (Å²) in [6.07, 6.45) is 1.80. The maximum atomic E-state index is 12.7. The highest BCUT2D eigenvalue weighted by molar-refractivity contribution is 7.90. The summed E-state index contributed by atoms with van der Waals surface area (Å²) in [5, 5.41) is 8.35. The fourth-order valence-corrected chi connectivity index (χ4v) is 5.44. The summed E-state index contributed by atoms with van der Waals surface area (Å²) in [5.74, 6) is 0. The zero-order valence-electron chi connectivity index (χ0n) is 12.4. The highest BCUT2D eigenvalue weighted by Crippen LogP contribution is 2.38. The van der Waals surface area contributed by atoms with Crippen LogP contribution in [0.2, 0.25) is 0 Å². The number of halogens is 1. The zero-order chi connectivity index (χ0) is 16.0. The lowest BCUT2D eigenvalue weighted by Gasteiger charge is -2.22. The molecule has 1 unspecified atom stereocenters. The van der Waals surface area contributed by atoms with Crippen molar-refractivity contribution in [2.45, 2.75) is 22.6 Å². The van der Waals surface area contributed by atoms with Crippen LogP contribution < -0.4 is 10.5 Å². The SMILES string of the molecule is Cl.NS(=O)(=O)c1cccc(S(=O)(=O)N2CCC3(CCNC3)C2)c1. The average Bonchev–Trinajstić information content (AvgIpc) is 3.09. The van der Waals surface area contributed by atoms with Crippen LogP contribution in [-0.4, -0.2) is 47.3 Å². The van der Waals surface area contributed by atoms with Crippen molar-refractivity contribution in [3.05, 3.63) is 24.3 Å². The number of rotatable bonds is 3. The molecule has 130 valence electrons. The van der Waals surface area contributed by atoms with E-state index >= 15 is 0 Å². The first-order valence-electron chi connectivity index (χ1n) is 7.07. The van der Waals surface area contributed by atoms with Crippen molar-refractivity contribution >= 4 is 32.5 Å². The first kappa shape index (κ1) is 18.6. The minimum atomic E-state index is -3.92. The third-order valence-corrected chi connectivity index (χ3v) is 7.26. The normalized spacial score (nSPS) is 25.6. The molecular formula is C13H20ClN3O4S2. The number of hydrogen-bond acceptors (Lipinski definition) is 5. The van der Waals surface area contributed by atoms with Crippen LogP contribution in [0, 0.1) is 5.41 Å². The van der Waals surface area contributed by atoms with Gasteiger partial charge in [-0.05, 0) is 43.0 Å². The Balaban J connectivity index is 0.00000192. The maximum Gasteiger partial charge on any atom is 0.243 e. The molecule has 1 aromatic rings. The number of nitrogens with one attached hydrogen (secondary N) is 1. The van der Waals surface area contributed by atoms with E-state index in [0.29, 0.717) is 13.1 Å². The second kappa shape index (κ2) is 6.30. The number of primary sulfonamides is 1. The van der Waals surface area contributed by atoms with Gasteiger partial charge in [0.15, 0.2) is 0 Å².